The fourth-order valence-electron chi connectivity index (χ4n) is 2.24. The molecule has 0 unspecified atom stereocenters. The highest BCUT2D eigenvalue weighted by Gasteiger charge is 2.11. The number of amides is 2. The van der Waals surface area contributed by atoms with Crippen LogP contribution in [-0.2, 0) is 0 Å². The number of benzene rings is 2. The van der Waals surface area contributed by atoms with Gasteiger partial charge in [0.2, 0.25) is 0 Å². The lowest BCUT2D eigenvalue weighted by Gasteiger charge is -2.11. The van der Waals surface area contributed by atoms with Gasteiger partial charge in [0.1, 0.15) is 17.2 Å². The number of thiazole rings is 1. The smallest absolute Gasteiger partial charge is 0.325 e. The molecule has 8 heteroatoms. The number of hydrogen-bond acceptors (Lipinski definition) is 6. The molecule has 25 heavy (non-hydrogen) atoms. The lowest BCUT2D eigenvalue weighted by atomic mass is 10.2. The molecule has 0 aliphatic heterocycles. The lowest BCUT2D eigenvalue weighted by Crippen LogP contribution is -2.19. The fourth-order valence-corrected chi connectivity index (χ4v) is 3.13. The van der Waals surface area contributed by atoms with E-state index in [-0.39, 0.29) is 0 Å². The van der Waals surface area contributed by atoms with Crippen molar-refractivity contribution in [1.82, 2.24) is 4.98 Å². The maximum Gasteiger partial charge on any atom is 0.325 e. The molecule has 1 aromatic heterocycles. The zero-order chi connectivity index (χ0) is 17.8. The molecule has 2 N–H and O–H groups in total. The van der Waals surface area contributed by atoms with Crippen LogP contribution in [0.15, 0.2) is 36.4 Å². The van der Waals surface area contributed by atoms with Crippen molar-refractivity contribution < 1.29 is 19.0 Å². The number of rotatable bonds is 5. The summed E-state index contributed by atoms with van der Waals surface area (Å²) in [7, 11) is 4.70. The number of anilines is 2. The molecule has 1 heterocycles. The Hall–Kier alpha value is -3.00. The van der Waals surface area contributed by atoms with Gasteiger partial charge in [0.25, 0.3) is 0 Å². The van der Waals surface area contributed by atoms with Gasteiger partial charge in [0, 0.05) is 6.07 Å². The summed E-state index contributed by atoms with van der Waals surface area (Å²) < 4.78 is 16.5. The summed E-state index contributed by atoms with van der Waals surface area (Å²) in [6.45, 7) is 0. The Bertz CT molecular complexity index is 910. The molecule has 2 amide bonds. The van der Waals surface area contributed by atoms with Crippen molar-refractivity contribution in [1.29, 1.82) is 0 Å². The monoisotopic (exact) mass is 359 g/mol. The molecule has 0 atom stereocenters. The molecule has 0 spiro atoms. The lowest BCUT2D eigenvalue weighted by molar-refractivity contribution is 0.262. The van der Waals surface area contributed by atoms with Crippen molar-refractivity contribution in [2.45, 2.75) is 0 Å². The second-order valence-electron chi connectivity index (χ2n) is 5.00. The summed E-state index contributed by atoms with van der Waals surface area (Å²) in [5.41, 5.74) is 1.33. The quantitative estimate of drug-likeness (QED) is 0.720. The number of nitrogens with one attached hydrogen (secondary N) is 2. The number of carbonyl (C=O) groups is 1. The molecule has 7 nitrogen and oxygen atoms in total. The molecule has 3 aromatic rings. The molecule has 0 aliphatic carbocycles. The number of carbonyl (C=O) groups excluding carboxylic acids is 1. The second kappa shape index (κ2) is 7.27. The first-order valence-corrected chi connectivity index (χ1v) is 8.19. The third-order valence-electron chi connectivity index (χ3n) is 3.47. The van der Waals surface area contributed by atoms with Crippen molar-refractivity contribution in [2.24, 2.45) is 0 Å². The van der Waals surface area contributed by atoms with E-state index in [0.717, 1.165) is 16.0 Å². The van der Waals surface area contributed by atoms with E-state index < -0.39 is 6.03 Å². The number of urea groups is 1. The molecule has 0 aliphatic rings. The number of nitrogens with zero attached hydrogens (tertiary/aromatic N) is 1. The Labute approximate surface area is 148 Å². The van der Waals surface area contributed by atoms with E-state index in [0.29, 0.717) is 22.3 Å². The molecule has 2 aromatic carbocycles. The summed E-state index contributed by atoms with van der Waals surface area (Å²) >= 11 is 1.37. The summed E-state index contributed by atoms with van der Waals surface area (Å²) in [5, 5.41) is 5.96. The van der Waals surface area contributed by atoms with E-state index in [1.807, 2.05) is 18.2 Å². The number of hydrogen-bond donors (Lipinski definition) is 2. The molecule has 0 bridgehead atoms. The van der Waals surface area contributed by atoms with Crippen molar-refractivity contribution in [2.75, 3.05) is 32.0 Å². The molecular formula is C17H17N3O4S. The maximum atomic E-state index is 12.2. The third-order valence-corrected chi connectivity index (χ3v) is 4.41. The normalized spacial score (nSPS) is 10.4. The Morgan fingerprint density at radius 2 is 1.68 bits per heavy atom. The van der Waals surface area contributed by atoms with Gasteiger partial charge >= 0.3 is 6.03 Å². The van der Waals surface area contributed by atoms with Crippen LogP contribution in [0.5, 0.6) is 17.2 Å². The van der Waals surface area contributed by atoms with E-state index in [4.69, 9.17) is 14.2 Å². The minimum atomic E-state index is -0.408. The molecule has 0 saturated carbocycles. The second-order valence-corrected chi connectivity index (χ2v) is 6.03. The van der Waals surface area contributed by atoms with Gasteiger partial charge in [-0.15, -0.1) is 0 Å². The minimum Gasteiger partial charge on any atom is -0.497 e. The zero-order valence-electron chi connectivity index (χ0n) is 14.0. The highest BCUT2D eigenvalue weighted by atomic mass is 32.1. The van der Waals surface area contributed by atoms with Gasteiger partial charge < -0.3 is 19.5 Å². The predicted molar refractivity (Wildman–Crippen MR) is 98.4 cm³/mol. The van der Waals surface area contributed by atoms with Crippen LogP contribution in [0.3, 0.4) is 0 Å². The molecule has 0 fully saturated rings. The fraction of sp³-hybridized carbons (Fsp3) is 0.176. The Morgan fingerprint density at radius 3 is 2.40 bits per heavy atom. The van der Waals surface area contributed by atoms with Crippen LogP contribution in [0.4, 0.5) is 15.6 Å². The van der Waals surface area contributed by atoms with Crippen LogP contribution in [0, 0.1) is 0 Å². The van der Waals surface area contributed by atoms with Crippen LogP contribution >= 0.6 is 11.3 Å². The molecule has 0 radical (unpaired) electrons. The standard InChI is InChI=1S/C17H17N3O4S/c1-22-10-4-6-12(14(8-10)24-3)18-16(21)20-17-19-13-7-5-11(23-2)9-15(13)25-17/h4-9H,1-3H3,(H2,18,19,20,21). The predicted octanol–water partition coefficient (Wildman–Crippen LogP) is 3.97. The van der Waals surface area contributed by atoms with Crippen LogP contribution in [0.1, 0.15) is 0 Å². The van der Waals surface area contributed by atoms with E-state index >= 15 is 0 Å². The molecular weight excluding hydrogens is 342 g/mol. The SMILES string of the molecule is COc1ccc(NC(=O)Nc2nc3ccc(OC)cc3s2)c(OC)c1. The minimum absolute atomic E-state index is 0.408. The summed E-state index contributed by atoms with van der Waals surface area (Å²) in [5.74, 6) is 1.89. The summed E-state index contributed by atoms with van der Waals surface area (Å²) in [6.07, 6.45) is 0. The van der Waals surface area contributed by atoms with Gasteiger partial charge in [-0.3, -0.25) is 5.32 Å². The van der Waals surface area contributed by atoms with Crippen molar-refractivity contribution in [3.8, 4) is 17.2 Å². The molecule has 0 saturated heterocycles. The van der Waals surface area contributed by atoms with E-state index in [2.05, 4.69) is 15.6 Å². The number of ether oxygens (including phenoxy) is 3. The number of aromatic nitrogens is 1. The first-order chi connectivity index (χ1) is 12.1. The van der Waals surface area contributed by atoms with Crippen LogP contribution < -0.4 is 24.8 Å². The van der Waals surface area contributed by atoms with Gasteiger partial charge in [-0.1, -0.05) is 11.3 Å². The largest absolute Gasteiger partial charge is 0.497 e. The average Bonchev–Trinajstić information content (AvgIpc) is 3.02. The number of methoxy groups -OCH3 is 3. The third kappa shape index (κ3) is 3.74. The van der Waals surface area contributed by atoms with Gasteiger partial charge in [-0.25, -0.2) is 9.78 Å². The van der Waals surface area contributed by atoms with E-state index in [1.165, 1.54) is 18.4 Å². The Morgan fingerprint density at radius 1 is 0.960 bits per heavy atom. The average molecular weight is 359 g/mol. The Balaban J connectivity index is 1.74. The first-order valence-electron chi connectivity index (χ1n) is 7.37. The van der Waals surface area contributed by atoms with Crippen LogP contribution in [-0.4, -0.2) is 32.3 Å². The van der Waals surface area contributed by atoms with Crippen molar-refractivity contribution >= 4 is 38.4 Å². The summed E-state index contributed by atoms with van der Waals surface area (Å²) in [4.78, 5) is 16.6. The van der Waals surface area contributed by atoms with E-state index in [1.54, 1.807) is 32.4 Å². The maximum absolute atomic E-state index is 12.2. The topological polar surface area (TPSA) is 81.7 Å². The van der Waals surface area contributed by atoms with Crippen molar-refractivity contribution in [3.05, 3.63) is 36.4 Å². The van der Waals surface area contributed by atoms with E-state index in [9.17, 15) is 4.79 Å². The highest BCUT2D eigenvalue weighted by Crippen LogP contribution is 2.31. The van der Waals surface area contributed by atoms with Crippen molar-refractivity contribution in [3.63, 3.8) is 0 Å². The Kier molecular flexibility index (Phi) is 4.90. The van der Waals surface area contributed by atoms with Crippen LogP contribution in [0.2, 0.25) is 0 Å². The van der Waals surface area contributed by atoms with Gasteiger partial charge in [0.15, 0.2) is 5.13 Å². The molecule has 3 rings (SSSR count). The van der Waals surface area contributed by atoms with Crippen LogP contribution in [0.25, 0.3) is 10.2 Å². The zero-order valence-corrected chi connectivity index (χ0v) is 14.8. The number of fused-ring (bicyclic) bond motifs is 1. The highest BCUT2D eigenvalue weighted by molar-refractivity contribution is 7.22. The molecule has 130 valence electrons. The van der Waals surface area contributed by atoms with Gasteiger partial charge in [-0.05, 0) is 30.3 Å². The summed E-state index contributed by atoms with van der Waals surface area (Å²) in [6, 6.07) is 10.3. The van der Waals surface area contributed by atoms with Gasteiger partial charge in [0.05, 0.1) is 37.2 Å². The van der Waals surface area contributed by atoms with Gasteiger partial charge in [-0.2, -0.15) is 0 Å². The first kappa shape index (κ1) is 16.8.